The Morgan fingerprint density at radius 1 is 1.15 bits per heavy atom. The maximum Gasteiger partial charge on any atom is 0.411 e. The molecule has 3 aromatic rings. The summed E-state index contributed by atoms with van der Waals surface area (Å²) in [4.78, 5) is 47.5. The number of rotatable bonds is 6. The smallest absolute Gasteiger partial charge is 0.411 e. The number of hydrogen-bond acceptors (Lipinski definition) is 7. The number of amides is 3. The van der Waals surface area contributed by atoms with Gasteiger partial charge in [0.2, 0.25) is 5.78 Å². The van der Waals surface area contributed by atoms with Gasteiger partial charge in [0.15, 0.2) is 0 Å². The van der Waals surface area contributed by atoms with Crippen LogP contribution >= 0.6 is 11.6 Å². The Balaban J connectivity index is 1.42. The van der Waals surface area contributed by atoms with Crippen LogP contribution in [0.4, 0.5) is 21.0 Å². The van der Waals surface area contributed by atoms with Crippen molar-refractivity contribution in [1.29, 1.82) is 0 Å². The summed E-state index contributed by atoms with van der Waals surface area (Å²) in [6, 6.07) is 4.90. The fraction of sp³-hybridized carbons (Fsp3) is 0.444. The lowest BCUT2D eigenvalue weighted by molar-refractivity contribution is -0.155. The largest absolute Gasteiger partial charge is 0.460 e. The fourth-order valence-electron chi connectivity index (χ4n) is 4.24. The molecule has 3 heterocycles. The number of nitrogens with one attached hydrogen (secondary N) is 2. The van der Waals surface area contributed by atoms with E-state index in [2.05, 4.69) is 20.6 Å². The number of nitrogens with zero attached hydrogens (tertiary/aromatic N) is 4. The van der Waals surface area contributed by atoms with Crippen molar-refractivity contribution in [2.75, 3.05) is 23.7 Å². The number of anilines is 2. The van der Waals surface area contributed by atoms with E-state index in [0.29, 0.717) is 46.5 Å². The summed E-state index contributed by atoms with van der Waals surface area (Å²) in [5.41, 5.74) is 1.62. The van der Waals surface area contributed by atoms with Crippen LogP contribution in [-0.2, 0) is 14.3 Å². The molecule has 2 N–H and O–H groups in total. The van der Waals surface area contributed by atoms with Gasteiger partial charge in [-0.15, -0.1) is 0 Å². The van der Waals surface area contributed by atoms with Crippen molar-refractivity contribution in [2.24, 2.45) is 5.92 Å². The zero-order valence-electron chi connectivity index (χ0n) is 22.7. The van der Waals surface area contributed by atoms with Crippen LogP contribution in [0, 0.1) is 5.92 Å². The predicted molar refractivity (Wildman–Crippen MR) is 148 cm³/mol. The molecule has 1 fully saturated rings. The first-order chi connectivity index (χ1) is 18.4. The molecule has 1 unspecified atom stereocenters. The third-order valence-corrected chi connectivity index (χ3v) is 6.17. The highest BCUT2D eigenvalue weighted by Gasteiger charge is 2.29. The average Bonchev–Trinajstić information content (AvgIpc) is 3.45. The van der Waals surface area contributed by atoms with Crippen molar-refractivity contribution in [3.8, 4) is 11.3 Å². The van der Waals surface area contributed by atoms with E-state index in [4.69, 9.17) is 21.1 Å². The third kappa shape index (κ3) is 7.60. The number of benzene rings is 1. The van der Waals surface area contributed by atoms with Gasteiger partial charge in [-0.25, -0.2) is 19.6 Å². The van der Waals surface area contributed by atoms with Crippen LogP contribution in [0.1, 0.15) is 47.5 Å². The maximum absolute atomic E-state index is 12.9. The van der Waals surface area contributed by atoms with E-state index < -0.39 is 11.7 Å². The number of hydrogen-bond donors (Lipinski definition) is 2. The quantitative estimate of drug-likeness (QED) is 0.379. The molecular formula is C27H33ClN6O5. The van der Waals surface area contributed by atoms with Gasteiger partial charge in [0.25, 0.3) is 0 Å². The number of ether oxygens (including phenoxy) is 2. The second kappa shape index (κ2) is 11.5. The second-order valence-corrected chi connectivity index (χ2v) is 11.2. The number of halogens is 1. The number of carbonyl (C=O) groups excluding carboxylic acids is 3. The van der Waals surface area contributed by atoms with Gasteiger partial charge in [-0.3, -0.25) is 14.5 Å². The van der Waals surface area contributed by atoms with Gasteiger partial charge >= 0.3 is 18.1 Å². The maximum atomic E-state index is 12.9. The molecule has 0 saturated carbocycles. The van der Waals surface area contributed by atoms with Crippen LogP contribution in [0.5, 0.6) is 0 Å². The summed E-state index contributed by atoms with van der Waals surface area (Å²) in [6.07, 6.45) is 5.07. The van der Waals surface area contributed by atoms with Crippen LogP contribution in [0.3, 0.4) is 0 Å². The molecule has 4 rings (SSSR count). The lowest BCUT2D eigenvalue weighted by Crippen LogP contribution is -2.33. The zero-order valence-corrected chi connectivity index (χ0v) is 23.4. The van der Waals surface area contributed by atoms with Crippen molar-refractivity contribution in [3.05, 3.63) is 41.8 Å². The Kier molecular flexibility index (Phi) is 8.29. The van der Waals surface area contributed by atoms with Crippen LogP contribution < -0.4 is 10.6 Å². The van der Waals surface area contributed by atoms with E-state index in [1.54, 1.807) is 53.7 Å². The summed E-state index contributed by atoms with van der Waals surface area (Å²) < 4.78 is 12.2. The van der Waals surface area contributed by atoms with E-state index in [9.17, 15) is 14.4 Å². The molecule has 12 heteroatoms. The Labute approximate surface area is 231 Å². The highest BCUT2D eigenvalue weighted by Crippen LogP contribution is 2.31. The number of aromatic nitrogens is 3. The number of urea groups is 1. The molecule has 39 heavy (non-hydrogen) atoms. The topological polar surface area (TPSA) is 127 Å². The van der Waals surface area contributed by atoms with Gasteiger partial charge in [-0.1, -0.05) is 11.6 Å². The van der Waals surface area contributed by atoms with Gasteiger partial charge in [0.05, 0.1) is 35.1 Å². The van der Waals surface area contributed by atoms with Crippen molar-refractivity contribution in [1.82, 2.24) is 19.3 Å². The Morgan fingerprint density at radius 3 is 2.64 bits per heavy atom. The Bertz CT molecular complexity index is 1380. The highest BCUT2D eigenvalue weighted by atomic mass is 35.5. The van der Waals surface area contributed by atoms with E-state index in [1.165, 1.54) is 6.20 Å². The minimum absolute atomic E-state index is 0.0588. The van der Waals surface area contributed by atoms with Crippen molar-refractivity contribution in [3.63, 3.8) is 0 Å². The van der Waals surface area contributed by atoms with Gasteiger partial charge < -0.3 is 19.7 Å². The number of likely N-dealkylation sites (tertiary alicyclic amines) is 1. The lowest BCUT2D eigenvalue weighted by Gasteiger charge is -2.21. The van der Waals surface area contributed by atoms with E-state index in [0.717, 1.165) is 6.42 Å². The SMILES string of the molecule is CC(C)OC(=O)Nc1cnc2nc(-c3cc(NC(=O)N4CCC(CC(=O)OC(C)(C)C)C4)ccc3Cl)cn2c1. The van der Waals surface area contributed by atoms with Crippen molar-refractivity contribution < 1.29 is 23.9 Å². The molecule has 0 aliphatic carbocycles. The molecular weight excluding hydrogens is 524 g/mol. The molecule has 1 atom stereocenters. The monoisotopic (exact) mass is 556 g/mol. The van der Waals surface area contributed by atoms with Gasteiger partial charge in [-0.05, 0) is 65.2 Å². The van der Waals surface area contributed by atoms with Crippen LogP contribution in [0.2, 0.25) is 5.02 Å². The van der Waals surface area contributed by atoms with Gasteiger partial charge in [-0.2, -0.15) is 0 Å². The Morgan fingerprint density at radius 2 is 1.92 bits per heavy atom. The van der Waals surface area contributed by atoms with Crippen LogP contribution in [0.25, 0.3) is 17.0 Å². The van der Waals surface area contributed by atoms with Crippen LogP contribution in [0.15, 0.2) is 36.8 Å². The first-order valence-electron chi connectivity index (χ1n) is 12.8. The summed E-state index contributed by atoms with van der Waals surface area (Å²) in [6.45, 7) is 10.1. The molecule has 1 saturated heterocycles. The molecule has 3 amide bonds. The first-order valence-corrected chi connectivity index (χ1v) is 13.1. The van der Waals surface area contributed by atoms with E-state index in [1.807, 2.05) is 20.8 Å². The molecule has 1 aliphatic heterocycles. The van der Waals surface area contributed by atoms with Crippen molar-refractivity contribution in [2.45, 2.75) is 59.2 Å². The fourth-order valence-corrected chi connectivity index (χ4v) is 4.46. The normalized spacial score (nSPS) is 15.5. The second-order valence-electron chi connectivity index (χ2n) is 10.8. The standard InChI is InChI=1S/C27H33ClN6O5/c1-16(2)38-26(37)31-19-12-29-24-32-22(15-34(24)14-19)20-11-18(6-7-21(20)28)30-25(36)33-9-8-17(13-33)10-23(35)39-27(3,4)5/h6-7,11-12,14-17H,8-10,13H2,1-5H3,(H,30,36)(H,31,37). The molecule has 0 bridgehead atoms. The number of carbonyl (C=O) groups is 3. The van der Waals surface area contributed by atoms with E-state index in [-0.39, 0.29) is 30.4 Å². The number of fused-ring (bicyclic) bond motifs is 1. The highest BCUT2D eigenvalue weighted by molar-refractivity contribution is 6.33. The predicted octanol–water partition coefficient (Wildman–Crippen LogP) is 5.59. The molecule has 2 aromatic heterocycles. The van der Waals surface area contributed by atoms with Crippen molar-refractivity contribution >= 4 is 46.8 Å². The minimum Gasteiger partial charge on any atom is -0.460 e. The minimum atomic E-state index is -0.577. The zero-order chi connectivity index (χ0) is 28.3. The average molecular weight is 557 g/mol. The molecule has 1 aromatic carbocycles. The Hall–Kier alpha value is -3.86. The van der Waals surface area contributed by atoms with Crippen LogP contribution in [-0.4, -0.2) is 62.2 Å². The summed E-state index contributed by atoms with van der Waals surface area (Å²) in [5.74, 6) is 0.215. The molecule has 0 radical (unpaired) electrons. The van der Waals surface area contributed by atoms with Gasteiger partial charge in [0, 0.05) is 36.7 Å². The van der Waals surface area contributed by atoms with E-state index >= 15 is 0 Å². The molecule has 208 valence electrons. The lowest BCUT2D eigenvalue weighted by atomic mass is 10.1. The molecule has 1 aliphatic rings. The summed E-state index contributed by atoms with van der Waals surface area (Å²) >= 11 is 6.47. The number of imidazole rings is 1. The van der Waals surface area contributed by atoms with Gasteiger partial charge in [0.1, 0.15) is 5.60 Å². The summed E-state index contributed by atoms with van der Waals surface area (Å²) in [5, 5.41) is 6.00. The molecule has 0 spiro atoms. The molecule has 11 nitrogen and oxygen atoms in total. The summed E-state index contributed by atoms with van der Waals surface area (Å²) in [7, 11) is 0. The number of esters is 1. The first kappa shape index (κ1) is 28.2. The third-order valence-electron chi connectivity index (χ3n) is 5.84.